The first-order valence-corrected chi connectivity index (χ1v) is 8.62. The number of benzene rings is 2. The summed E-state index contributed by atoms with van der Waals surface area (Å²) in [6.07, 6.45) is -4.03. The molecule has 0 fully saturated rings. The molecule has 0 unspecified atom stereocenters. The van der Waals surface area contributed by atoms with Crippen LogP contribution in [-0.2, 0) is 12.6 Å². The number of anilines is 1. The predicted octanol–water partition coefficient (Wildman–Crippen LogP) is 5.05. The molecule has 0 bridgehead atoms. The third-order valence-electron chi connectivity index (χ3n) is 4.00. The van der Waals surface area contributed by atoms with Crippen molar-refractivity contribution in [3.63, 3.8) is 0 Å². The van der Waals surface area contributed by atoms with Gasteiger partial charge in [-0.3, -0.25) is 4.79 Å². The Kier molecular flexibility index (Phi) is 5.48. The molecule has 1 N–H and O–H groups in total. The van der Waals surface area contributed by atoms with Crippen LogP contribution in [0.2, 0.25) is 0 Å². The number of halogens is 3. The van der Waals surface area contributed by atoms with E-state index in [0.29, 0.717) is 23.8 Å². The van der Waals surface area contributed by atoms with Crippen LogP contribution in [0.25, 0.3) is 0 Å². The van der Waals surface area contributed by atoms with E-state index >= 15 is 0 Å². The second kappa shape index (κ2) is 7.84. The number of hydrogen-bond donors (Lipinski definition) is 1. The summed E-state index contributed by atoms with van der Waals surface area (Å²) in [5.41, 5.74) is 0.457. The van der Waals surface area contributed by atoms with Crippen molar-refractivity contribution < 1.29 is 22.5 Å². The smallest absolute Gasteiger partial charge is 0.339 e. The van der Waals surface area contributed by atoms with Gasteiger partial charge >= 0.3 is 6.18 Å². The van der Waals surface area contributed by atoms with Gasteiger partial charge in [0.2, 0.25) is 5.89 Å². The Hall–Kier alpha value is -3.16. The van der Waals surface area contributed by atoms with Gasteiger partial charge in [0.05, 0.1) is 5.56 Å². The molecular weight excluding hydrogens is 371 g/mol. The van der Waals surface area contributed by atoms with Crippen molar-refractivity contribution in [2.75, 3.05) is 5.32 Å². The highest BCUT2D eigenvalue weighted by atomic mass is 19.4. The molecule has 0 spiro atoms. The van der Waals surface area contributed by atoms with Crippen molar-refractivity contribution in [3.05, 3.63) is 76.9 Å². The van der Waals surface area contributed by atoms with Gasteiger partial charge in [-0.25, -0.2) is 0 Å². The molecule has 0 saturated carbocycles. The van der Waals surface area contributed by atoms with E-state index in [0.717, 1.165) is 17.7 Å². The largest absolute Gasteiger partial charge is 0.416 e. The summed E-state index contributed by atoms with van der Waals surface area (Å²) in [6.45, 7) is 3.92. The van der Waals surface area contributed by atoms with Crippen LogP contribution < -0.4 is 5.32 Å². The van der Waals surface area contributed by atoms with Crippen molar-refractivity contribution in [1.29, 1.82) is 0 Å². The van der Waals surface area contributed by atoms with Gasteiger partial charge in [0.15, 0.2) is 5.82 Å². The Bertz CT molecular complexity index is 963. The van der Waals surface area contributed by atoms with Gasteiger partial charge < -0.3 is 9.84 Å². The Labute approximate surface area is 159 Å². The summed E-state index contributed by atoms with van der Waals surface area (Å²) < 4.78 is 43.5. The molecule has 3 aromatic rings. The maximum Gasteiger partial charge on any atom is 0.416 e. The molecule has 8 heteroatoms. The van der Waals surface area contributed by atoms with E-state index in [2.05, 4.69) is 15.5 Å². The van der Waals surface area contributed by atoms with Crippen molar-refractivity contribution in [2.45, 2.75) is 32.4 Å². The van der Waals surface area contributed by atoms with Crippen LogP contribution >= 0.6 is 0 Å². The number of aromatic nitrogens is 2. The molecule has 0 aliphatic carbocycles. The molecule has 0 aliphatic heterocycles. The standard InChI is InChI=1S/C20H18F3N3O2/c1-12(2)19-25-17(26-28-19)10-13-6-8-16(9-7-13)24-18(27)14-4-3-5-15(11-14)20(21,22)23/h3-9,11-12H,10H2,1-2H3,(H,24,27). The van der Waals surface area contributed by atoms with Crippen LogP contribution in [0.5, 0.6) is 0 Å². The van der Waals surface area contributed by atoms with E-state index in [1.165, 1.54) is 12.1 Å². The number of carbonyl (C=O) groups excluding carboxylic acids is 1. The Morgan fingerprint density at radius 1 is 1.14 bits per heavy atom. The summed E-state index contributed by atoms with van der Waals surface area (Å²) in [6, 6.07) is 11.2. The normalized spacial score (nSPS) is 11.6. The SMILES string of the molecule is CC(C)c1nc(Cc2ccc(NC(=O)c3cccc(C(F)(F)F)c3)cc2)no1. The fourth-order valence-electron chi connectivity index (χ4n) is 2.50. The summed E-state index contributed by atoms with van der Waals surface area (Å²) in [7, 11) is 0. The molecule has 0 saturated heterocycles. The lowest BCUT2D eigenvalue weighted by Crippen LogP contribution is -2.14. The van der Waals surface area contributed by atoms with E-state index in [1.807, 2.05) is 13.8 Å². The lowest BCUT2D eigenvalue weighted by molar-refractivity contribution is -0.137. The lowest BCUT2D eigenvalue weighted by atomic mass is 10.1. The minimum Gasteiger partial charge on any atom is -0.339 e. The second-order valence-electron chi connectivity index (χ2n) is 6.61. The highest BCUT2D eigenvalue weighted by Gasteiger charge is 2.30. The zero-order valence-electron chi connectivity index (χ0n) is 15.2. The van der Waals surface area contributed by atoms with Crippen LogP contribution in [0, 0.1) is 0 Å². The average Bonchev–Trinajstić information content (AvgIpc) is 3.11. The van der Waals surface area contributed by atoms with E-state index < -0.39 is 17.6 Å². The Morgan fingerprint density at radius 3 is 2.46 bits per heavy atom. The van der Waals surface area contributed by atoms with Crippen molar-refractivity contribution in [3.8, 4) is 0 Å². The third kappa shape index (κ3) is 4.76. The van der Waals surface area contributed by atoms with Crippen LogP contribution in [0.4, 0.5) is 18.9 Å². The van der Waals surface area contributed by atoms with Crippen LogP contribution in [0.1, 0.15) is 53.0 Å². The first-order valence-electron chi connectivity index (χ1n) is 8.62. The molecular formula is C20H18F3N3O2. The van der Waals surface area contributed by atoms with Gasteiger partial charge in [0.25, 0.3) is 5.91 Å². The number of carbonyl (C=O) groups is 1. The highest BCUT2D eigenvalue weighted by molar-refractivity contribution is 6.04. The molecule has 0 radical (unpaired) electrons. The van der Waals surface area contributed by atoms with Gasteiger partial charge in [-0.1, -0.05) is 37.2 Å². The van der Waals surface area contributed by atoms with Gasteiger partial charge in [-0.2, -0.15) is 18.2 Å². The number of nitrogens with one attached hydrogen (secondary N) is 1. The number of nitrogens with zero attached hydrogens (tertiary/aromatic N) is 2. The Balaban J connectivity index is 1.66. The highest BCUT2D eigenvalue weighted by Crippen LogP contribution is 2.29. The number of alkyl halides is 3. The van der Waals surface area contributed by atoms with E-state index in [4.69, 9.17) is 4.52 Å². The molecule has 146 valence electrons. The Morgan fingerprint density at radius 2 is 1.86 bits per heavy atom. The lowest BCUT2D eigenvalue weighted by Gasteiger charge is -2.09. The quantitative estimate of drug-likeness (QED) is 0.663. The van der Waals surface area contributed by atoms with Crippen molar-refractivity contribution in [2.24, 2.45) is 0 Å². The fourth-order valence-corrected chi connectivity index (χ4v) is 2.50. The molecule has 1 amide bonds. The molecule has 28 heavy (non-hydrogen) atoms. The minimum atomic E-state index is -4.50. The minimum absolute atomic E-state index is 0.0630. The van der Waals surface area contributed by atoms with E-state index in [-0.39, 0.29) is 11.5 Å². The maximum absolute atomic E-state index is 12.8. The van der Waals surface area contributed by atoms with E-state index in [1.54, 1.807) is 24.3 Å². The topological polar surface area (TPSA) is 68.0 Å². The molecule has 0 aliphatic rings. The molecule has 1 aromatic heterocycles. The molecule has 0 atom stereocenters. The van der Waals surface area contributed by atoms with Crippen molar-refractivity contribution >= 4 is 11.6 Å². The third-order valence-corrected chi connectivity index (χ3v) is 4.00. The predicted molar refractivity (Wildman–Crippen MR) is 97.0 cm³/mol. The van der Waals surface area contributed by atoms with Gasteiger partial charge in [-0.15, -0.1) is 0 Å². The zero-order chi connectivity index (χ0) is 20.3. The second-order valence-corrected chi connectivity index (χ2v) is 6.61. The van der Waals surface area contributed by atoms with E-state index in [9.17, 15) is 18.0 Å². The zero-order valence-corrected chi connectivity index (χ0v) is 15.2. The van der Waals surface area contributed by atoms with Crippen LogP contribution in [-0.4, -0.2) is 16.0 Å². The molecule has 2 aromatic carbocycles. The fraction of sp³-hybridized carbons (Fsp3) is 0.250. The first kappa shape index (κ1) is 19.6. The van der Waals surface area contributed by atoms with Crippen molar-refractivity contribution in [1.82, 2.24) is 10.1 Å². The summed E-state index contributed by atoms with van der Waals surface area (Å²) in [5.74, 6) is 0.665. The van der Waals surface area contributed by atoms with Crippen LogP contribution in [0.15, 0.2) is 53.1 Å². The number of rotatable bonds is 5. The summed E-state index contributed by atoms with van der Waals surface area (Å²) >= 11 is 0. The summed E-state index contributed by atoms with van der Waals surface area (Å²) in [5, 5.41) is 6.51. The summed E-state index contributed by atoms with van der Waals surface area (Å²) in [4.78, 5) is 16.5. The molecule has 3 rings (SSSR count). The molecule has 1 heterocycles. The van der Waals surface area contributed by atoms with Gasteiger partial charge in [-0.05, 0) is 35.9 Å². The number of amides is 1. The first-order chi connectivity index (χ1) is 13.2. The van der Waals surface area contributed by atoms with Gasteiger partial charge in [0.1, 0.15) is 0 Å². The van der Waals surface area contributed by atoms with Crippen LogP contribution in [0.3, 0.4) is 0 Å². The van der Waals surface area contributed by atoms with Gasteiger partial charge in [0, 0.05) is 23.6 Å². The number of hydrogen-bond acceptors (Lipinski definition) is 4. The molecule has 5 nitrogen and oxygen atoms in total. The monoisotopic (exact) mass is 389 g/mol. The average molecular weight is 389 g/mol. The maximum atomic E-state index is 12.8.